The molecule has 0 spiro atoms. The van der Waals surface area contributed by atoms with Crippen molar-refractivity contribution >= 4 is 0 Å². The lowest BCUT2D eigenvalue weighted by atomic mass is 9.89. The lowest BCUT2D eigenvalue weighted by Gasteiger charge is -2.26. The molecule has 90 valence electrons. The average molecular weight is 213 g/mol. The molecule has 0 saturated heterocycles. The van der Waals surface area contributed by atoms with Crippen molar-refractivity contribution in [2.75, 3.05) is 13.2 Å². The van der Waals surface area contributed by atoms with Gasteiger partial charge in [0, 0.05) is 12.6 Å². The second-order valence-electron chi connectivity index (χ2n) is 5.02. The van der Waals surface area contributed by atoms with E-state index in [1.54, 1.807) is 0 Å². The first-order chi connectivity index (χ1) is 7.22. The molecule has 1 saturated carbocycles. The highest BCUT2D eigenvalue weighted by Crippen LogP contribution is 2.25. The monoisotopic (exact) mass is 213 g/mol. The van der Waals surface area contributed by atoms with Crippen LogP contribution in [-0.4, -0.2) is 25.3 Å². The van der Waals surface area contributed by atoms with Crippen molar-refractivity contribution in [3.05, 3.63) is 0 Å². The van der Waals surface area contributed by atoms with Crippen LogP contribution in [0.2, 0.25) is 0 Å². The maximum absolute atomic E-state index is 5.86. The first-order valence-corrected chi connectivity index (χ1v) is 6.57. The van der Waals surface area contributed by atoms with Crippen LogP contribution in [0.1, 0.15) is 52.9 Å². The van der Waals surface area contributed by atoms with E-state index in [1.165, 1.54) is 32.1 Å². The topological polar surface area (TPSA) is 21.3 Å². The fourth-order valence-electron chi connectivity index (χ4n) is 2.07. The van der Waals surface area contributed by atoms with E-state index in [9.17, 15) is 0 Å². The van der Waals surface area contributed by atoms with Gasteiger partial charge in [-0.05, 0) is 44.9 Å². The largest absolute Gasteiger partial charge is 0.377 e. The Kier molecular flexibility index (Phi) is 6.26. The minimum absolute atomic E-state index is 0.542. The van der Waals surface area contributed by atoms with Crippen LogP contribution < -0.4 is 5.32 Å². The normalized spacial score (nSPS) is 29.0. The zero-order valence-electron chi connectivity index (χ0n) is 10.6. The zero-order valence-corrected chi connectivity index (χ0v) is 10.6. The summed E-state index contributed by atoms with van der Waals surface area (Å²) in [6.07, 6.45) is 6.97. The molecular formula is C13H27NO. The molecule has 0 amide bonds. The quantitative estimate of drug-likeness (QED) is 0.685. The van der Waals surface area contributed by atoms with Crippen LogP contribution in [0.3, 0.4) is 0 Å². The lowest BCUT2D eigenvalue weighted by molar-refractivity contribution is 0.0209. The van der Waals surface area contributed by atoms with Crippen molar-refractivity contribution in [3.63, 3.8) is 0 Å². The third-order valence-corrected chi connectivity index (χ3v) is 3.52. The van der Waals surface area contributed by atoms with Gasteiger partial charge in [0.05, 0.1) is 12.7 Å². The summed E-state index contributed by atoms with van der Waals surface area (Å²) in [5, 5.41) is 3.46. The summed E-state index contributed by atoms with van der Waals surface area (Å²) in [4.78, 5) is 0. The number of ether oxygens (including phenoxy) is 1. The van der Waals surface area contributed by atoms with Gasteiger partial charge in [-0.1, -0.05) is 13.8 Å². The summed E-state index contributed by atoms with van der Waals surface area (Å²) in [5.74, 6) is 0.920. The van der Waals surface area contributed by atoms with E-state index in [2.05, 4.69) is 26.1 Å². The summed E-state index contributed by atoms with van der Waals surface area (Å²) in [6.45, 7) is 8.66. The Bertz CT molecular complexity index is 153. The van der Waals surface area contributed by atoms with Crippen molar-refractivity contribution in [1.82, 2.24) is 5.32 Å². The van der Waals surface area contributed by atoms with Crippen LogP contribution in [0.4, 0.5) is 0 Å². The van der Waals surface area contributed by atoms with Crippen LogP contribution in [0.15, 0.2) is 0 Å². The predicted molar refractivity (Wildman–Crippen MR) is 65.1 cm³/mol. The molecule has 0 aliphatic heterocycles. The molecule has 2 heteroatoms. The van der Waals surface area contributed by atoms with Crippen molar-refractivity contribution in [2.45, 2.75) is 65.0 Å². The first-order valence-electron chi connectivity index (χ1n) is 6.57. The predicted octanol–water partition coefficient (Wildman–Crippen LogP) is 2.97. The number of hydrogen-bond donors (Lipinski definition) is 1. The van der Waals surface area contributed by atoms with Gasteiger partial charge in [-0.3, -0.25) is 0 Å². The third kappa shape index (κ3) is 5.53. The van der Waals surface area contributed by atoms with Gasteiger partial charge in [-0.25, -0.2) is 0 Å². The average Bonchev–Trinajstić information content (AvgIpc) is 2.26. The number of hydrogen-bond acceptors (Lipinski definition) is 2. The van der Waals surface area contributed by atoms with Gasteiger partial charge in [0.15, 0.2) is 0 Å². The van der Waals surface area contributed by atoms with Crippen molar-refractivity contribution in [1.29, 1.82) is 0 Å². The van der Waals surface area contributed by atoms with Gasteiger partial charge >= 0.3 is 0 Å². The highest BCUT2D eigenvalue weighted by molar-refractivity contribution is 4.70. The fourth-order valence-corrected chi connectivity index (χ4v) is 2.07. The third-order valence-electron chi connectivity index (χ3n) is 3.52. The van der Waals surface area contributed by atoms with Crippen LogP contribution >= 0.6 is 0 Å². The minimum Gasteiger partial charge on any atom is -0.377 e. The Balaban J connectivity index is 1.96. The lowest BCUT2D eigenvalue weighted by Crippen LogP contribution is -2.30. The summed E-state index contributed by atoms with van der Waals surface area (Å²) in [7, 11) is 0. The SMILES string of the molecule is CCC(C)NCCOC1CCC(C)CC1. The van der Waals surface area contributed by atoms with E-state index in [1.807, 2.05) is 0 Å². The van der Waals surface area contributed by atoms with E-state index in [0.717, 1.165) is 19.1 Å². The first kappa shape index (κ1) is 13.0. The summed E-state index contributed by atoms with van der Waals surface area (Å²) < 4.78 is 5.86. The molecule has 0 bridgehead atoms. The maximum Gasteiger partial charge on any atom is 0.0594 e. The molecule has 1 rings (SSSR count). The van der Waals surface area contributed by atoms with Gasteiger partial charge in [0.25, 0.3) is 0 Å². The van der Waals surface area contributed by atoms with E-state index < -0.39 is 0 Å². The Morgan fingerprint density at radius 2 is 1.93 bits per heavy atom. The Morgan fingerprint density at radius 1 is 1.27 bits per heavy atom. The highest BCUT2D eigenvalue weighted by atomic mass is 16.5. The summed E-state index contributed by atoms with van der Waals surface area (Å²) in [6, 6.07) is 0.625. The van der Waals surface area contributed by atoms with Crippen molar-refractivity contribution in [3.8, 4) is 0 Å². The number of rotatable bonds is 6. The fraction of sp³-hybridized carbons (Fsp3) is 1.00. The van der Waals surface area contributed by atoms with Gasteiger partial charge in [-0.15, -0.1) is 0 Å². The Morgan fingerprint density at radius 3 is 2.53 bits per heavy atom. The van der Waals surface area contributed by atoms with Gasteiger partial charge < -0.3 is 10.1 Å². The van der Waals surface area contributed by atoms with Gasteiger partial charge in [-0.2, -0.15) is 0 Å². The molecule has 0 aromatic rings. The minimum atomic E-state index is 0.542. The summed E-state index contributed by atoms with van der Waals surface area (Å²) in [5.41, 5.74) is 0. The molecule has 1 atom stereocenters. The molecular weight excluding hydrogens is 186 g/mol. The van der Waals surface area contributed by atoms with E-state index in [-0.39, 0.29) is 0 Å². The molecule has 0 aromatic heterocycles. The molecule has 0 radical (unpaired) electrons. The van der Waals surface area contributed by atoms with Crippen LogP contribution in [0, 0.1) is 5.92 Å². The standard InChI is InChI=1S/C13H27NO/c1-4-12(3)14-9-10-15-13-7-5-11(2)6-8-13/h11-14H,4-10H2,1-3H3. The van der Waals surface area contributed by atoms with Crippen molar-refractivity contribution in [2.24, 2.45) is 5.92 Å². The highest BCUT2D eigenvalue weighted by Gasteiger charge is 2.18. The van der Waals surface area contributed by atoms with Crippen LogP contribution in [0.25, 0.3) is 0 Å². The molecule has 1 unspecified atom stereocenters. The van der Waals surface area contributed by atoms with Crippen LogP contribution in [0.5, 0.6) is 0 Å². The van der Waals surface area contributed by atoms with E-state index in [4.69, 9.17) is 4.74 Å². The Hall–Kier alpha value is -0.0800. The second kappa shape index (κ2) is 7.24. The maximum atomic E-state index is 5.86. The van der Waals surface area contributed by atoms with Crippen LogP contribution in [-0.2, 0) is 4.74 Å². The second-order valence-corrected chi connectivity index (χ2v) is 5.02. The van der Waals surface area contributed by atoms with Gasteiger partial charge in [0.2, 0.25) is 0 Å². The van der Waals surface area contributed by atoms with Crippen molar-refractivity contribution < 1.29 is 4.74 Å². The summed E-state index contributed by atoms with van der Waals surface area (Å²) >= 11 is 0. The zero-order chi connectivity index (χ0) is 11.1. The molecule has 0 heterocycles. The number of nitrogens with one attached hydrogen (secondary N) is 1. The molecule has 1 N–H and O–H groups in total. The smallest absolute Gasteiger partial charge is 0.0594 e. The van der Waals surface area contributed by atoms with E-state index >= 15 is 0 Å². The van der Waals surface area contributed by atoms with Gasteiger partial charge in [0.1, 0.15) is 0 Å². The molecule has 0 aromatic carbocycles. The molecule has 1 aliphatic carbocycles. The van der Waals surface area contributed by atoms with E-state index in [0.29, 0.717) is 12.1 Å². The molecule has 1 fully saturated rings. The molecule has 2 nitrogen and oxygen atoms in total. The molecule has 15 heavy (non-hydrogen) atoms. The molecule has 1 aliphatic rings. The Labute approximate surface area is 94.8 Å².